The number of carbonyl (C=O) groups is 2. The average molecular weight is 327 g/mol. The monoisotopic (exact) mass is 327 g/mol. The molecule has 1 aromatic heterocycles. The fourth-order valence-corrected chi connectivity index (χ4v) is 3.47. The largest absolute Gasteiger partial charge is 0.481 e. The second kappa shape index (κ2) is 8.78. The Morgan fingerprint density at radius 3 is 2.45 bits per heavy atom. The number of methoxy groups -OCH3 is 1. The Labute approximate surface area is 135 Å². The summed E-state index contributed by atoms with van der Waals surface area (Å²) in [5.41, 5.74) is 1.49. The van der Waals surface area contributed by atoms with E-state index in [0.717, 1.165) is 41.2 Å². The molecule has 124 valence electrons. The third-order valence-electron chi connectivity index (χ3n) is 3.67. The molecule has 0 bridgehead atoms. The Morgan fingerprint density at radius 1 is 1.23 bits per heavy atom. The molecule has 0 fully saturated rings. The molecule has 0 saturated heterocycles. The van der Waals surface area contributed by atoms with Crippen LogP contribution in [0.4, 0.5) is 5.00 Å². The van der Waals surface area contributed by atoms with Crippen LogP contribution in [0.1, 0.15) is 53.4 Å². The molecule has 0 aliphatic rings. The van der Waals surface area contributed by atoms with Crippen molar-refractivity contribution in [3.8, 4) is 0 Å². The molecule has 0 aromatic carbocycles. The van der Waals surface area contributed by atoms with E-state index in [9.17, 15) is 9.59 Å². The van der Waals surface area contributed by atoms with Crippen LogP contribution in [0.5, 0.6) is 0 Å². The zero-order valence-electron chi connectivity index (χ0n) is 13.8. The van der Waals surface area contributed by atoms with Gasteiger partial charge < -0.3 is 14.7 Å². The molecule has 1 aromatic rings. The molecule has 5 nitrogen and oxygen atoms in total. The normalized spacial score (nSPS) is 10.5. The van der Waals surface area contributed by atoms with Crippen LogP contribution in [0.3, 0.4) is 0 Å². The van der Waals surface area contributed by atoms with E-state index in [2.05, 4.69) is 6.92 Å². The van der Waals surface area contributed by atoms with Crippen molar-refractivity contribution in [3.63, 3.8) is 0 Å². The van der Waals surface area contributed by atoms with Crippen molar-refractivity contribution in [3.05, 3.63) is 16.0 Å². The molecule has 0 spiro atoms. The van der Waals surface area contributed by atoms with Gasteiger partial charge in [0.05, 0.1) is 19.1 Å². The van der Waals surface area contributed by atoms with Crippen LogP contribution in [0, 0.1) is 13.8 Å². The average Bonchev–Trinajstić information content (AvgIpc) is 2.77. The topological polar surface area (TPSA) is 66.8 Å². The molecule has 0 saturated carbocycles. The van der Waals surface area contributed by atoms with Crippen LogP contribution in [0.2, 0.25) is 0 Å². The van der Waals surface area contributed by atoms with Gasteiger partial charge in [0.2, 0.25) is 0 Å². The highest BCUT2D eigenvalue weighted by atomic mass is 32.1. The first kappa shape index (κ1) is 18.5. The number of aliphatic carboxylic acids is 1. The summed E-state index contributed by atoms with van der Waals surface area (Å²) in [5.74, 6) is -1.18. The number of carboxylic acids is 1. The molecule has 0 atom stereocenters. The summed E-state index contributed by atoms with van der Waals surface area (Å²) in [7, 11) is 1.37. The number of anilines is 1. The van der Waals surface area contributed by atoms with Crippen LogP contribution in [0.15, 0.2) is 0 Å². The maximum Gasteiger partial charge on any atom is 0.341 e. The van der Waals surface area contributed by atoms with E-state index < -0.39 is 5.97 Å². The fraction of sp³-hybridized carbons (Fsp3) is 0.625. The van der Waals surface area contributed by atoms with E-state index in [1.54, 1.807) is 0 Å². The lowest BCUT2D eigenvalue weighted by Gasteiger charge is -2.23. The van der Waals surface area contributed by atoms with E-state index in [1.165, 1.54) is 18.4 Å². The quantitative estimate of drug-likeness (QED) is 0.554. The van der Waals surface area contributed by atoms with E-state index >= 15 is 0 Å². The van der Waals surface area contributed by atoms with Gasteiger partial charge in [-0.05, 0) is 25.8 Å². The molecule has 1 heterocycles. The van der Waals surface area contributed by atoms with Crippen LogP contribution in [-0.4, -0.2) is 37.2 Å². The highest BCUT2D eigenvalue weighted by Crippen LogP contribution is 2.36. The number of carbonyl (C=O) groups excluding carboxylic acids is 1. The number of unbranched alkanes of at least 4 members (excludes halogenated alkanes) is 2. The van der Waals surface area contributed by atoms with Crippen molar-refractivity contribution in [1.29, 1.82) is 0 Å². The smallest absolute Gasteiger partial charge is 0.341 e. The lowest BCUT2D eigenvalue weighted by molar-refractivity contribution is -0.136. The third kappa shape index (κ3) is 4.73. The van der Waals surface area contributed by atoms with Gasteiger partial charge in [-0.1, -0.05) is 19.8 Å². The minimum absolute atomic E-state index is 0.0583. The van der Waals surface area contributed by atoms with Gasteiger partial charge in [-0.15, -0.1) is 11.3 Å². The van der Waals surface area contributed by atoms with Crippen LogP contribution >= 0.6 is 11.3 Å². The molecule has 6 heteroatoms. The molecule has 0 radical (unpaired) electrons. The first-order chi connectivity index (χ1) is 10.4. The summed E-state index contributed by atoms with van der Waals surface area (Å²) in [6.45, 7) is 7.16. The first-order valence-electron chi connectivity index (χ1n) is 7.57. The molecular formula is C16H25NO4S. The van der Waals surface area contributed by atoms with Gasteiger partial charge in [0.1, 0.15) is 5.00 Å². The van der Waals surface area contributed by atoms with Gasteiger partial charge in [0.25, 0.3) is 0 Å². The van der Waals surface area contributed by atoms with E-state index in [0.29, 0.717) is 12.1 Å². The van der Waals surface area contributed by atoms with Crippen LogP contribution in [-0.2, 0) is 9.53 Å². The van der Waals surface area contributed by atoms with Crippen LogP contribution < -0.4 is 4.90 Å². The lowest BCUT2D eigenvalue weighted by atomic mass is 10.1. The Hall–Kier alpha value is -1.56. The number of carboxylic acid groups (broad SMARTS) is 1. The third-order valence-corrected chi connectivity index (χ3v) is 4.94. The maximum atomic E-state index is 12.1. The second-order valence-corrected chi connectivity index (χ2v) is 6.50. The van der Waals surface area contributed by atoms with Crippen molar-refractivity contribution in [1.82, 2.24) is 0 Å². The van der Waals surface area contributed by atoms with Gasteiger partial charge in [0, 0.05) is 18.0 Å². The highest BCUT2D eigenvalue weighted by molar-refractivity contribution is 7.16. The molecule has 0 unspecified atom stereocenters. The maximum absolute atomic E-state index is 12.1. The summed E-state index contributed by atoms with van der Waals surface area (Å²) in [6.07, 6.45) is 3.22. The molecule has 0 aliphatic heterocycles. The van der Waals surface area contributed by atoms with E-state index in [4.69, 9.17) is 9.84 Å². The number of rotatable bonds is 9. The zero-order valence-corrected chi connectivity index (χ0v) is 14.6. The summed E-state index contributed by atoms with van der Waals surface area (Å²) < 4.78 is 4.90. The van der Waals surface area contributed by atoms with Gasteiger partial charge in [-0.2, -0.15) is 0 Å². The van der Waals surface area contributed by atoms with Crippen LogP contribution in [0.25, 0.3) is 0 Å². The van der Waals surface area contributed by atoms with E-state index in [1.807, 2.05) is 18.7 Å². The molecule has 0 aliphatic carbocycles. The minimum Gasteiger partial charge on any atom is -0.481 e. The minimum atomic E-state index is -0.829. The molecule has 1 N–H and O–H groups in total. The summed E-state index contributed by atoms with van der Waals surface area (Å²) in [5, 5.41) is 9.78. The molecule has 0 amide bonds. The predicted molar refractivity (Wildman–Crippen MR) is 89.1 cm³/mol. The number of aryl methyl sites for hydroxylation is 1. The standard InChI is InChI=1S/C16H25NO4S/c1-5-6-7-9-17(10-8-13(18)19)15-14(16(20)21-4)11(2)12(3)22-15/h5-10H2,1-4H3,(H,18,19). The van der Waals surface area contributed by atoms with E-state index in [-0.39, 0.29) is 12.4 Å². The number of esters is 1. The zero-order chi connectivity index (χ0) is 16.7. The number of hydrogen-bond acceptors (Lipinski definition) is 5. The van der Waals surface area contributed by atoms with Crippen molar-refractivity contribution < 1.29 is 19.4 Å². The Balaban J connectivity index is 3.08. The van der Waals surface area contributed by atoms with Gasteiger partial charge >= 0.3 is 11.9 Å². The summed E-state index contributed by atoms with van der Waals surface area (Å²) in [6, 6.07) is 0. The van der Waals surface area contributed by atoms with Crippen molar-refractivity contribution in [2.45, 2.75) is 46.5 Å². The first-order valence-corrected chi connectivity index (χ1v) is 8.39. The molecular weight excluding hydrogens is 302 g/mol. The Kier molecular flexibility index (Phi) is 7.38. The number of thiophene rings is 1. The Morgan fingerprint density at radius 2 is 1.91 bits per heavy atom. The fourth-order valence-electron chi connectivity index (χ4n) is 2.27. The second-order valence-electron chi connectivity index (χ2n) is 5.29. The molecule has 1 rings (SSSR count). The van der Waals surface area contributed by atoms with Gasteiger partial charge in [0.15, 0.2) is 0 Å². The Bertz CT molecular complexity index is 524. The van der Waals surface area contributed by atoms with Crippen molar-refractivity contribution in [2.75, 3.05) is 25.1 Å². The summed E-state index contributed by atoms with van der Waals surface area (Å²) in [4.78, 5) is 26.1. The van der Waals surface area contributed by atoms with Crippen molar-refractivity contribution in [2.24, 2.45) is 0 Å². The number of ether oxygens (including phenoxy) is 1. The predicted octanol–water partition coefficient (Wildman–Crippen LogP) is 3.62. The van der Waals surface area contributed by atoms with Gasteiger partial charge in [-0.3, -0.25) is 4.79 Å². The highest BCUT2D eigenvalue weighted by Gasteiger charge is 2.24. The van der Waals surface area contributed by atoms with Crippen molar-refractivity contribution >= 4 is 28.3 Å². The van der Waals surface area contributed by atoms with Gasteiger partial charge in [-0.25, -0.2) is 4.79 Å². The summed E-state index contributed by atoms with van der Waals surface area (Å²) >= 11 is 1.53. The SMILES string of the molecule is CCCCCN(CCC(=O)O)c1sc(C)c(C)c1C(=O)OC. The number of nitrogens with zero attached hydrogens (tertiary/aromatic N) is 1. The molecule has 22 heavy (non-hydrogen) atoms. The number of hydrogen-bond donors (Lipinski definition) is 1. The lowest BCUT2D eigenvalue weighted by Crippen LogP contribution is -2.28.